The number of nitrogens with zero attached hydrogens (tertiary/aromatic N) is 4. The van der Waals surface area contributed by atoms with E-state index in [-0.39, 0.29) is 6.54 Å². The number of hydrogen-bond acceptors (Lipinski definition) is 5. The number of aromatic nitrogens is 3. The summed E-state index contributed by atoms with van der Waals surface area (Å²) in [4.78, 5) is 18.6. The van der Waals surface area contributed by atoms with Gasteiger partial charge in [-0.15, -0.1) is 0 Å². The monoisotopic (exact) mass is 540 g/mol. The molecule has 1 fully saturated rings. The van der Waals surface area contributed by atoms with E-state index in [4.69, 9.17) is 14.6 Å². The van der Waals surface area contributed by atoms with Gasteiger partial charge in [0.1, 0.15) is 29.5 Å². The van der Waals surface area contributed by atoms with Crippen molar-refractivity contribution in [3.05, 3.63) is 89.6 Å². The maximum absolute atomic E-state index is 15.8. The summed E-state index contributed by atoms with van der Waals surface area (Å²) >= 11 is 0. The summed E-state index contributed by atoms with van der Waals surface area (Å²) in [6, 6.07) is 17.1. The summed E-state index contributed by atoms with van der Waals surface area (Å²) in [7, 11) is 0. The second kappa shape index (κ2) is 10.4. The minimum absolute atomic E-state index is 0.261. The first-order chi connectivity index (χ1) is 19.2. The van der Waals surface area contributed by atoms with Gasteiger partial charge in [0.25, 0.3) is 0 Å². The maximum atomic E-state index is 15.8. The molecule has 7 nitrogen and oxygen atoms in total. The molecule has 0 radical (unpaired) electrons. The largest absolute Gasteiger partial charge is 0.489 e. The molecular weight excluding hydrogens is 507 g/mol. The van der Waals surface area contributed by atoms with Gasteiger partial charge in [0.15, 0.2) is 0 Å². The first kappa shape index (κ1) is 26.0. The standard InChI is InChI=1S/C32H33FN4O3/c1-32(2,3)40-31(38)36-16-17-37-28(19-36)29(30(35-37)24-12-14-34-15-13-24)26-11-10-25(18-27(26)33)39-20-21-4-6-22(7-5-21)23-8-9-23/h4-7,10-15,18,23H,8-9,16-17,19-20H2,1-3H3. The first-order valence-electron chi connectivity index (χ1n) is 13.7. The number of amides is 1. The number of pyridine rings is 1. The Kier molecular flexibility index (Phi) is 6.78. The highest BCUT2D eigenvalue weighted by molar-refractivity contribution is 5.83. The number of carbonyl (C=O) groups is 1. The summed E-state index contributed by atoms with van der Waals surface area (Å²) in [5.74, 6) is 0.746. The average Bonchev–Trinajstić information content (AvgIpc) is 3.72. The van der Waals surface area contributed by atoms with Crippen LogP contribution in [0.1, 0.15) is 56.4 Å². The van der Waals surface area contributed by atoms with E-state index < -0.39 is 17.5 Å². The molecule has 1 aliphatic heterocycles. The predicted octanol–water partition coefficient (Wildman–Crippen LogP) is 6.96. The number of rotatable bonds is 6. The molecule has 1 amide bonds. The average molecular weight is 541 g/mol. The lowest BCUT2D eigenvalue weighted by atomic mass is 9.98. The molecule has 206 valence electrons. The van der Waals surface area contributed by atoms with Crippen molar-refractivity contribution in [2.45, 2.75) is 64.8 Å². The van der Waals surface area contributed by atoms with Crippen LogP contribution >= 0.6 is 0 Å². The zero-order valence-corrected chi connectivity index (χ0v) is 23.1. The maximum Gasteiger partial charge on any atom is 0.410 e. The number of halogens is 1. The number of carbonyl (C=O) groups excluding carboxylic acids is 1. The van der Waals surface area contributed by atoms with Gasteiger partial charge < -0.3 is 14.4 Å². The Morgan fingerprint density at radius 1 is 1.02 bits per heavy atom. The van der Waals surface area contributed by atoms with Gasteiger partial charge in [-0.1, -0.05) is 24.3 Å². The normalized spacial score (nSPS) is 15.1. The molecule has 0 saturated heterocycles. The fraction of sp³-hybridized carbons (Fsp3) is 0.344. The van der Waals surface area contributed by atoms with E-state index in [9.17, 15) is 4.79 Å². The van der Waals surface area contributed by atoms with E-state index in [2.05, 4.69) is 29.2 Å². The fourth-order valence-electron chi connectivity index (χ4n) is 5.05. The van der Waals surface area contributed by atoms with E-state index in [0.717, 1.165) is 16.8 Å². The van der Waals surface area contributed by atoms with Crippen LogP contribution in [0.5, 0.6) is 5.75 Å². The fourth-order valence-corrected chi connectivity index (χ4v) is 5.05. The predicted molar refractivity (Wildman–Crippen MR) is 150 cm³/mol. The minimum atomic E-state index is -0.610. The molecule has 0 spiro atoms. The highest BCUT2D eigenvalue weighted by Crippen LogP contribution is 2.40. The van der Waals surface area contributed by atoms with Crippen molar-refractivity contribution < 1.29 is 18.7 Å². The van der Waals surface area contributed by atoms with Crippen molar-refractivity contribution in [3.63, 3.8) is 0 Å². The van der Waals surface area contributed by atoms with Crippen molar-refractivity contribution in [1.82, 2.24) is 19.7 Å². The summed E-state index contributed by atoms with van der Waals surface area (Å²) < 4.78 is 29.2. The molecule has 8 heteroatoms. The zero-order valence-electron chi connectivity index (χ0n) is 23.1. The smallest absolute Gasteiger partial charge is 0.410 e. The Balaban J connectivity index is 1.29. The van der Waals surface area contributed by atoms with Gasteiger partial charge in [-0.3, -0.25) is 9.67 Å². The van der Waals surface area contributed by atoms with Crippen molar-refractivity contribution >= 4 is 6.09 Å². The second-order valence-corrected chi connectivity index (χ2v) is 11.5. The van der Waals surface area contributed by atoms with E-state index in [1.165, 1.54) is 24.5 Å². The van der Waals surface area contributed by atoms with Gasteiger partial charge in [-0.2, -0.15) is 5.10 Å². The third-order valence-electron chi connectivity index (χ3n) is 7.23. The number of hydrogen-bond donors (Lipinski definition) is 0. The van der Waals surface area contributed by atoms with Crippen LogP contribution in [0.3, 0.4) is 0 Å². The summed E-state index contributed by atoms with van der Waals surface area (Å²) in [6.07, 6.45) is 5.52. The van der Waals surface area contributed by atoms with Gasteiger partial charge in [0, 0.05) is 41.7 Å². The molecule has 2 aliphatic rings. The van der Waals surface area contributed by atoms with Gasteiger partial charge >= 0.3 is 6.09 Å². The van der Waals surface area contributed by atoms with Gasteiger partial charge in [0.2, 0.25) is 0 Å². The highest BCUT2D eigenvalue weighted by atomic mass is 19.1. The first-order valence-corrected chi connectivity index (χ1v) is 13.7. The topological polar surface area (TPSA) is 69.5 Å². The van der Waals surface area contributed by atoms with Crippen LogP contribution in [-0.2, 0) is 24.4 Å². The lowest BCUT2D eigenvalue weighted by molar-refractivity contribution is 0.0195. The van der Waals surface area contributed by atoms with Crippen LogP contribution in [0.2, 0.25) is 0 Å². The lowest BCUT2D eigenvalue weighted by Crippen LogP contribution is -2.41. The molecule has 3 heterocycles. The molecule has 1 aliphatic carbocycles. The Morgan fingerprint density at radius 2 is 1.77 bits per heavy atom. The summed E-state index contributed by atoms with van der Waals surface area (Å²) in [6.45, 7) is 7.08. The molecule has 0 atom stereocenters. The highest BCUT2D eigenvalue weighted by Gasteiger charge is 2.31. The molecule has 0 bridgehead atoms. The summed E-state index contributed by atoms with van der Waals surface area (Å²) in [5.41, 5.74) is 5.09. The molecule has 2 aromatic heterocycles. The number of fused-ring (bicyclic) bond motifs is 1. The third kappa shape index (κ3) is 5.57. The Labute approximate surface area is 233 Å². The molecule has 0 unspecified atom stereocenters. The molecule has 40 heavy (non-hydrogen) atoms. The molecule has 6 rings (SSSR count). The van der Waals surface area contributed by atoms with Crippen molar-refractivity contribution in [2.24, 2.45) is 0 Å². The Hall–Kier alpha value is -4.20. The van der Waals surface area contributed by atoms with E-state index in [1.807, 2.05) is 37.6 Å². The Bertz CT molecular complexity index is 1520. The van der Waals surface area contributed by atoms with Crippen LogP contribution in [0, 0.1) is 5.82 Å². The van der Waals surface area contributed by atoms with Crippen molar-refractivity contribution in [3.8, 4) is 28.1 Å². The number of benzene rings is 2. The summed E-state index contributed by atoms with van der Waals surface area (Å²) in [5, 5.41) is 4.84. The van der Waals surface area contributed by atoms with Crippen LogP contribution in [-0.4, -0.2) is 37.9 Å². The molecule has 4 aromatic rings. The quantitative estimate of drug-likeness (QED) is 0.265. The second-order valence-electron chi connectivity index (χ2n) is 11.5. The molecule has 1 saturated carbocycles. The van der Waals surface area contributed by atoms with Gasteiger partial charge in [-0.25, -0.2) is 9.18 Å². The van der Waals surface area contributed by atoms with Crippen LogP contribution < -0.4 is 4.74 Å². The van der Waals surface area contributed by atoms with Crippen molar-refractivity contribution in [2.75, 3.05) is 6.54 Å². The van der Waals surface area contributed by atoms with Crippen molar-refractivity contribution in [1.29, 1.82) is 0 Å². The van der Waals surface area contributed by atoms with E-state index >= 15 is 4.39 Å². The lowest BCUT2D eigenvalue weighted by Gasteiger charge is -2.30. The zero-order chi connectivity index (χ0) is 27.9. The van der Waals surface area contributed by atoms with Crippen LogP contribution in [0.4, 0.5) is 9.18 Å². The number of ether oxygens (including phenoxy) is 2. The van der Waals surface area contributed by atoms with E-state index in [1.54, 1.807) is 29.4 Å². The van der Waals surface area contributed by atoms with Crippen LogP contribution in [0.15, 0.2) is 67.0 Å². The SMILES string of the molecule is CC(C)(C)OC(=O)N1CCn2nc(-c3ccncc3)c(-c3ccc(OCc4ccc(C5CC5)cc4)cc3F)c2C1. The van der Waals surface area contributed by atoms with Gasteiger partial charge in [0.05, 0.1) is 18.8 Å². The molecular formula is C32H33FN4O3. The third-order valence-corrected chi connectivity index (χ3v) is 7.23. The Morgan fingerprint density at radius 3 is 2.45 bits per heavy atom. The van der Waals surface area contributed by atoms with E-state index in [0.29, 0.717) is 48.2 Å². The minimum Gasteiger partial charge on any atom is -0.489 e. The molecule has 0 N–H and O–H groups in total. The van der Waals surface area contributed by atoms with Gasteiger partial charge in [-0.05, 0) is 74.9 Å². The molecule has 2 aromatic carbocycles. The van der Waals surface area contributed by atoms with Crippen LogP contribution in [0.25, 0.3) is 22.4 Å².